The van der Waals surface area contributed by atoms with Crippen molar-refractivity contribution in [3.63, 3.8) is 0 Å². The summed E-state index contributed by atoms with van der Waals surface area (Å²) in [5.74, 6) is 0.367. The maximum atomic E-state index is 12.2. The molecule has 0 aliphatic carbocycles. The van der Waals surface area contributed by atoms with Crippen LogP contribution in [0.2, 0.25) is 0 Å². The first-order valence-electron chi connectivity index (χ1n) is 11.5. The minimum absolute atomic E-state index is 0.00628. The Hall–Kier alpha value is -3.22. The van der Waals surface area contributed by atoms with E-state index in [1.54, 1.807) is 19.0 Å². The third kappa shape index (κ3) is 4.12. The molecule has 6 heteroatoms. The number of pyridine rings is 1. The molecule has 1 saturated heterocycles. The van der Waals surface area contributed by atoms with Crippen LogP contribution in [0.15, 0.2) is 67.0 Å². The number of carbonyl (C=O) groups excluding carboxylic acids is 1. The highest BCUT2D eigenvalue weighted by atomic mass is 16.3. The van der Waals surface area contributed by atoms with Crippen LogP contribution in [-0.2, 0) is 6.54 Å². The SMILES string of the molecule is CN(C)C(=O)c1ccc(-c2ccc3c(c2)[C@@H]2[C@@H](CCN2Cc2ccncc2)[C@@H](CO)N3)cc1. The molecule has 1 amide bonds. The summed E-state index contributed by atoms with van der Waals surface area (Å²) < 4.78 is 0. The molecule has 0 unspecified atom stereocenters. The van der Waals surface area contributed by atoms with Crippen LogP contribution in [0.3, 0.4) is 0 Å². The van der Waals surface area contributed by atoms with E-state index in [0.717, 1.165) is 36.3 Å². The highest BCUT2D eigenvalue weighted by molar-refractivity contribution is 5.94. The fraction of sp³-hybridized carbons (Fsp3) is 0.333. The Balaban J connectivity index is 1.48. The molecular weight excluding hydrogens is 412 g/mol. The van der Waals surface area contributed by atoms with Crippen LogP contribution in [0.4, 0.5) is 5.69 Å². The molecular formula is C27H30N4O2. The molecule has 170 valence electrons. The number of amides is 1. The number of hydrogen-bond acceptors (Lipinski definition) is 5. The van der Waals surface area contributed by atoms with Gasteiger partial charge >= 0.3 is 0 Å². The summed E-state index contributed by atoms with van der Waals surface area (Å²) in [6.07, 6.45) is 4.75. The van der Waals surface area contributed by atoms with Crippen LogP contribution in [-0.4, -0.2) is 59.1 Å². The van der Waals surface area contributed by atoms with Gasteiger partial charge in [-0.1, -0.05) is 18.2 Å². The van der Waals surface area contributed by atoms with Gasteiger partial charge in [0.05, 0.1) is 12.6 Å². The zero-order chi connectivity index (χ0) is 22.9. The van der Waals surface area contributed by atoms with E-state index in [-0.39, 0.29) is 24.6 Å². The van der Waals surface area contributed by atoms with Crippen LogP contribution in [0.1, 0.15) is 33.9 Å². The van der Waals surface area contributed by atoms with E-state index in [9.17, 15) is 9.90 Å². The Bertz CT molecular complexity index is 1130. The molecule has 33 heavy (non-hydrogen) atoms. The maximum Gasteiger partial charge on any atom is 0.253 e. The number of aromatic nitrogens is 1. The van der Waals surface area contributed by atoms with E-state index in [0.29, 0.717) is 11.5 Å². The Labute approximate surface area is 194 Å². The van der Waals surface area contributed by atoms with Gasteiger partial charge in [-0.2, -0.15) is 0 Å². The Morgan fingerprint density at radius 2 is 1.82 bits per heavy atom. The molecule has 2 aromatic carbocycles. The molecule has 0 bridgehead atoms. The number of benzene rings is 2. The predicted octanol–water partition coefficient (Wildman–Crippen LogP) is 3.80. The summed E-state index contributed by atoms with van der Waals surface area (Å²) in [4.78, 5) is 20.5. The Morgan fingerprint density at radius 3 is 2.52 bits per heavy atom. The topological polar surface area (TPSA) is 68.7 Å². The lowest BCUT2D eigenvalue weighted by molar-refractivity contribution is 0.0827. The van der Waals surface area contributed by atoms with Crippen LogP contribution in [0.25, 0.3) is 11.1 Å². The van der Waals surface area contributed by atoms with E-state index in [1.807, 2.05) is 36.7 Å². The van der Waals surface area contributed by atoms with Gasteiger partial charge in [-0.05, 0) is 71.6 Å². The number of likely N-dealkylation sites (tertiary alicyclic amines) is 1. The number of rotatable bonds is 5. The average molecular weight is 443 g/mol. The molecule has 1 aromatic heterocycles. The molecule has 2 aliphatic heterocycles. The Kier molecular flexibility index (Phi) is 5.87. The molecule has 3 atom stereocenters. The first-order chi connectivity index (χ1) is 16.0. The first kappa shape index (κ1) is 21.6. The largest absolute Gasteiger partial charge is 0.394 e. The zero-order valence-electron chi connectivity index (χ0n) is 19.1. The van der Waals surface area contributed by atoms with Crippen molar-refractivity contribution in [2.24, 2.45) is 5.92 Å². The van der Waals surface area contributed by atoms with Gasteiger partial charge in [-0.15, -0.1) is 0 Å². The summed E-state index contributed by atoms with van der Waals surface area (Å²) >= 11 is 0. The van der Waals surface area contributed by atoms with Crippen LogP contribution >= 0.6 is 0 Å². The monoisotopic (exact) mass is 442 g/mol. The number of nitrogens with one attached hydrogen (secondary N) is 1. The van der Waals surface area contributed by atoms with Crippen molar-refractivity contribution in [1.29, 1.82) is 0 Å². The number of carbonyl (C=O) groups is 1. The van der Waals surface area contributed by atoms with Crippen molar-refractivity contribution in [1.82, 2.24) is 14.8 Å². The first-order valence-corrected chi connectivity index (χ1v) is 11.5. The van der Waals surface area contributed by atoms with Gasteiger partial charge < -0.3 is 15.3 Å². The van der Waals surface area contributed by atoms with Gasteiger partial charge in [0.1, 0.15) is 0 Å². The lowest BCUT2D eigenvalue weighted by Gasteiger charge is -2.39. The van der Waals surface area contributed by atoms with Gasteiger partial charge in [0.25, 0.3) is 5.91 Å². The van der Waals surface area contributed by atoms with Gasteiger partial charge in [0.2, 0.25) is 0 Å². The lowest BCUT2D eigenvalue weighted by atomic mass is 9.82. The van der Waals surface area contributed by atoms with Gasteiger partial charge in [0.15, 0.2) is 0 Å². The summed E-state index contributed by atoms with van der Waals surface area (Å²) in [5, 5.41) is 13.6. The van der Waals surface area contributed by atoms with Crippen LogP contribution in [0, 0.1) is 5.92 Å². The molecule has 3 aromatic rings. The highest BCUT2D eigenvalue weighted by Gasteiger charge is 2.43. The van der Waals surface area contributed by atoms with E-state index >= 15 is 0 Å². The number of nitrogens with zero attached hydrogens (tertiary/aromatic N) is 3. The van der Waals surface area contributed by atoms with Crippen molar-refractivity contribution in [2.45, 2.75) is 25.0 Å². The van der Waals surface area contributed by atoms with Crippen molar-refractivity contribution >= 4 is 11.6 Å². The normalized spacial score (nSPS) is 21.7. The van der Waals surface area contributed by atoms with Crippen LogP contribution < -0.4 is 5.32 Å². The average Bonchev–Trinajstić information content (AvgIpc) is 3.27. The molecule has 6 nitrogen and oxygen atoms in total. The summed E-state index contributed by atoms with van der Waals surface area (Å²) in [6, 6.07) is 18.8. The van der Waals surface area contributed by atoms with Crippen molar-refractivity contribution in [2.75, 3.05) is 32.6 Å². The maximum absolute atomic E-state index is 12.2. The fourth-order valence-corrected chi connectivity index (χ4v) is 5.30. The van der Waals surface area contributed by atoms with Crippen molar-refractivity contribution in [3.05, 3.63) is 83.7 Å². The van der Waals surface area contributed by atoms with Crippen molar-refractivity contribution in [3.8, 4) is 11.1 Å². The van der Waals surface area contributed by atoms with Crippen molar-refractivity contribution < 1.29 is 9.90 Å². The third-order valence-corrected chi connectivity index (χ3v) is 6.98. The van der Waals surface area contributed by atoms with E-state index in [2.05, 4.69) is 45.5 Å². The fourth-order valence-electron chi connectivity index (χ4n) is 5.30. The van der Waals surface area contributed by atoms with Gasteiger partial charge in [-0.25, -0.2) is 0 Å². The molecule has 2 N–H and O–H groups in total. The Morgan fingerprint density at radius 1 is 1.09 bits per heavy atom. The molecule has 5 rings (SSSR count). The summed E-state index contributed by atoms with van der Waals surface area (Å²) in [6.45, 7) is 2.00. The zero-order valence-corrected chi connectivity index (χ0v) is 19.1. The van der Waals surface area contributed by atoms with Crippen LogP contribution in [0.5, 0.6) is 0 Å². The lowest BCUT2D eigenvalue weighted by Crippen LogP contribution is -2.41. The third-order valence-electron chi connectivity index (χ3n) is 6.98. The number of fused-ring (bicyclic) bond motifs is 3. The second-order valence-electron chi connectivity index (χ2n) is 9.24. The second-order valence-corrected chi connectivity index (χ2v) is 9.24. The molecule has 2 aliphatic rings. The van der Waals surface area contributed by atoms with Gasteiger partial charge in [0, 0.05) is 56.2 Å². The quantitative estimate of drug-likeness (QED) is 0.629. The van der Waals surface area contributed by atoms with Gasteiger partial charge in [-0.3, -0.25) is 14.7 Å². The predicted molar refractivity (Wildman–Crippen MR) is 130 cm³/mol. The number of aliphatic hydroxyl groups is 1. The minimum atomic E-state index is 0.00628. The number of aliphatic hydroxyl groups excluding tert-OH is 1. The summed E-state index contributed by atoms with van der Waals surface area (Å²) in [5.41, 5.74) is 6.54. The molecule has 0 spiro atoms. The minimum Gasteiger partial charge on any atom is -0.394 e. The van der Waals surface area contributed by atoms with E-state index in [1.165, 1.54) is 11.1 Å². The molecule has 0 radical (unpaired) electrons. The molecule has 3 heterocycles. The summed E-state index contributed by atoms with van der Waals surface area (Å²) in [7, 11) is 3.53. The second kappa shape index (κ2) is 8.96. The molecule has 1 fully saturated rings. The smallest absolute Gasteiger partial charge is 0.253 e. The molecule has 0 saturated carbocycles. The van der Waals surface area contributed by atoms with E-state index < -0.39 is 0 Å². The number of hydrogen-bond donors (Lipinski definition) is 2. The standard InChI is InChI=1S/C27H30N4O2/c1-30(2)27(33)20-5-3-19(4-6-20)21-7-8-24-23(15-21)26-22(25(17-32)29-24)11-14-31(26)16-18-9-12-28-13-10-18/h3-10,12-13,15,22,25-26,29,32H,11,14,16-17H2,1-2H3/t22-,25+,26-/m0/s1. The van der Waals surface area contributed by atoms with E-state index in [4.69, 9.17) is 0 Å². The number of anilines is 1. The highest BCUT2D eigenvalue weighted by Crippen LogP contribution is 2.47.